The monoisotopic (exact) mass is 219 g/mol. The molecule has 0 unspecified atom stereocenters. The zero-order valence-corrected chi connectivity index (χ0v) is 10.2. The van der Waals surface area contributed by atoms with Crippen LogP contribution in [-0.4, -0.2) is 6.10 Å². The van der Waals surface area contributed by atoms with Crippen LogP contribution in [0.5, 0.6) is 0 Å². The van der Waals surface area contributed by atoms with E-state index < -0.39 is 0 Å². The second-order valence-corrected chi connectivity index (χ2v) is 5.12. The Labute approximate surface area is 97.8 Å². The molecule has 0 bridgehead atoms. The van der Waals surface area contributed by atoms with E-state index >= 15 is 0 Å². The van der Waals surface area contributed by atoms with Gasteiger partial charge in [-0.25, -0.2) is 0 Å². The van der Waals surface area contributed by atoms with E-state index in [0.29, 0.717) is 6.10 Å². The third kappa shape index (κ3) is 2.38. The molecule has 1 aromatic carbocycles. The van der Waals surface area contributed by atoms with Crippen LogP contribution in [0.25, 0.3) is 0 Å². The molecule has 0 radical (unpaired) electrons. The number of para-hydroxylation sites is 1. The minimum Gasteiger partial charge on any atom is -0.398 e. The average molecular weight is 219 g/mol. The fraction of sp³-hybridized carbons (Fsp3) is 0.571. The SMILES string of the molecule is CC(C)(OC1CCCC1)c1ccccc1N. The van der Waals surface area contributed by atoms with Gasteiger partial charge in [-0.2, -0.15) is 0 Å². The normalized spacial score (nSPS) is 17.9. The summed E-state index contributed by atoms with van der Waals surface area (Å²) < 4.78 is 6.19. The van der Waals surface area contributed by atoms with Crippen LogP contribution in [0, 0.1) is 0 Å². The number of ether oxygens (including phenoxy) is 1. The highest BCUT2D eigenvalue weighted by Gasteiger charge is 2.28. The third-order valence-electron chi connectivity index (χ3n) is 3.37. The van der Waals surface area contributed by atoms with Gasteiger partial charge >= 0.3 is 0 Å². The van der Waals surface area contributed by atoms with Crippen LogP contribution in [0.2, 0.25) is 0 Å². The molecule has 0 amide bonds. The van der Waals surface area contributed by atoms with Crippen LogP contribution in [0.3, 0.4) is 0 Å². The van der Waals surface area contributed by atoms with Crippen LogP contribution in [-0.2, 0) is 10.3 Å². The smallest absolute Gasteiger partial charge is 0.0898 e. The number of hydrogen-bond donors (Lipinski definition) is 1. The van der Waals surface area contributed by atoms with Gasteiger partial charge in [-0.3, -0.25) is 0 Å². The predicted molar refractivity (Wildman–Crippen MR) is 67.2 cm³/mol. The van der Waals surface area contributed by atoms with Gasteiger partial charge in [-0.15, -0.1) is 0 Å². The van der Waals surface area contributed by atoms with E-state index in [4.69, 9.17) is 10.5 Å². The molecular weight excluding hydrogens is 198 g/mol. The number of hydrogen-bond acceptors (Lipinski definition) is 2. The second kappa shape index (κ2) is 4.46. The van der Waals surface area contributed by atoms with Crippen molar-refractivity contribution in [2.75, 3.05) is 5.73 Å². The highest BCUT2D eigenvalue weighted by atomic mass is 16.5. The van der Waals surface area contributed by atoms with E-state index in [1.54, 1.807) is 0 Å². The minimum atomic E-state index is -0.277. The van der Waals surface area contributed by atoms with Crippen molar-refractivity contribution in [1.82, 2.24) is 0 Å². The van der Waals surface area contributed by atoms with Gasteiger partial charge in [0, 0.05) is 11.3 Å². The minimum absolute atomic E-state index is 0.277. The van der Waals surface area contributed by atoms with Crippen molar-refractivity contribution >= 4 is 5.69 Å². The first-order valence-corrected chi connectivity index (χ1v) is 6.12. The molecule has 2 heteroatoms. The molecule has 2 N–H and O–H groups in total. The van der Waals surface area contributed by atoms with Crippen molar-refractivity contribution in [3.05, 3.63) is 29.8 Å². The Morgan fingerprint density at radius 3 is 2.44 bits per heavy atom. The molecular formula is C14H21NO. The van der Waals surface area contributed by atoms with Crippen LogP contribution in [0.15, 0.2) is 24.3 Å². The summed E-state index contributed by atoms with van der Waals surface area (Å²) in [6.07, 6.45) is 5.39. The van der Waals surface area contributed by atoms with Crippen molar-refractivity contribution < 1.29 is 4.74 Å². The van der Waals surface area contributed by atoms with Gasteiger partial charge in [-0.05, 0) is 32.8 Å². The molecule has 1 aromatic rings. The molecule has 0 atom stereocenters. The van der Waals surface area contributed by atoms with Gasteiger partial charge in [0.15, 0.2) is 0 Å². The quantitative estimate of drug-likeness (QED) is 0.790. The molecule has 1 fully saturated rings. The van der Waals surface area contributed by atoms with Gasteiger partial charge in [-0.1, -0.05) is 31.0 Å². The van der Waals surface area contributed by atoms with E-state index in [0.717, 1.165) is 11.3 Å². The number of nitrogen functional groups attached to an aromatic ring is 1. The van der Waals surface area contributed by atoms with E-state index in [2.05, 4.69) is 19.9 Å². The van der Waals surface area contributed by atoms with Crippen LogP contribution < -0.4 is 5.73 Å². The lowest BCUT2D eigenvalue weighted by Crippen LogP contribution is -2.27. The van der Waals surface area contributed by atoms with Crippen LogP contribution in [0.4, 0.5) is 5.69 Å². The Hall–Kier alpha value is -1.02. The summed E-state index contributed by atoms with van der Waals surface area (Å²) in [6, 6.07) is 7.98. The molecule has 2 rings (SSSR count). The first kappa shape index (κ1) is 11.5. The topological polar surface area (TPSA) is 35.2 Å². The maximum absolute atomic E-state index is 6.19. The fourth-order valence-corrected chi connectivity index (χ4v) is 2.53. The first-order chi connectivity index (χ1) is 7.59. The van der Waals surface area contributed by atoms with Crippen molar-refractivity contribution in [3.63, 3.8) is 0 Å². The Bertz CT molecular complexity index is 354. The maximum Gasteiger partial charge on any atom is 0.0898 e. The standard InChI is InChI=1S/C14H21NO/c1-14(2,16-11-7-3-4-8-11)12-9-5-6-10-13(12)15/h5-6,9-11H,3-4,7-8,15H2,1-2H3. The van der Waals surface area contributed by atoms with Gasteiger partial charge in [0.05, 0.1) is 11.7 Å². The van der Waals surface area contributed by atoms with Gasteiger partial charge in [0.25, 0.3) is 0 Å². The molecule has 1 aliphatic rings. The largest absolute Gasteiger partial charge is 0.398 e. The molecule has 0 aromatic heterocycles. The highest BCUT2D eigenvalue weighted by Crippen LogP contribution is 2.34. The van der Waals surface area contributed by atoms with E-state index in [1.165, 1.54) is 25.7 Å². The Kier molecular flexibility index (Phi) is 3.20. The lowest BCUT2D eigenvalue weighted by atomic mass is 9.96. The third-order valence-corrected chi connectivity index (χ3v) is 3.37. The molecule has 2 nitrogen and oxygen atoms in total. The summed E-state index contributed by atoms with van der Waals surface area (Å²) >= 11 is 0. The summed E-state index contributed by atoms with van der Waals surface area (Å²) in [5.41, 5.74) is 7.65. The molecule has 16 heavy (non-hydrogen) atoms. The average Bonchev–Trinajstić information content (AvgIpc) is 2.70. The summed E-state index contributed by atoms with van der Waals surface area (Å²) in [7, 11) is 0. The Morgan fingerprint density at radius 1 is 1.19 bits per heavy atom. The lowest BCUT2D eigenvalue weighted by Gasteiger charge is -2.30. The Balaban J connectivity index is 2.14. The maximum atomic E-state index is 6.19. The molecule has 1 saturated carbocycles. The zero-order valence-electron chi connectivity index (χ0n) is 10.2. The number of nitrogens with two attached hydrogens (primary N) is 1. The highest BCUT2D eigenvalue weighted by molar-refractivity contribution is 5.49. The van der Waals surface area contributed by atoms with Gasteiger partial charge < -0.3 is 10.5 Å². The van der Waals surface area contributed by atoms with Crippen LogP contribution in [0.1, 0.15) is 45.1 Å². The molecule has 0 spiro atoms. The van der Waals surface area contributed by atoms with E-state index in [1.807, 2.05) is 18.2 Å². The van der Waals surface area contributed by atoms with Crippen molar-refractivity contribution in [2.24, 2.45) is 0 Å². The number of rotatable bonds is 3. The second-order valence-electron chi connectivity index (χ2n) is 5.12. The van der Waals surface area contributed by atoms with Gasteiger partial charge in [0.2, 0.25) is 0 Å². The summed E-state index contributed by atoms with van der Waals surface area (Å²) in [5, 5.41) is 0. The number of benzene rings is 1. The van der Waals surface area contributed by atoms with E-state index in [9.17, 15) is 0 Å². The fourth-order valence-electron chi connectivity index (χ4n) is 2.53. The Morgan fingerprint density at radius 2 is 1.81 bits per heavy atom. The summed E-state index contributed by atoms with van der Waals surface area (Å²) in [5.74, 6) is 0. The molecule has 1 aliphatic carbocycles. The van der Waals surface area contributed by atoms with Crippen molar-refractivity contribution in [1.29, 1.82) is 0 Å². The lowest BCUT2D eigenvalue weighted by molar-refractivity contribution is -0.0722. The van der Waals surface area contributed by atoms with Crippen molar-refractivity contribution in [2.45, 2.75) is 51.2 Å². The molecule has 88 valence electrons. The summed E-state index contributed by atoms with van der Waals surface area (Å²) in [6.45, 7) is 4.22. The molecule has 0 saturated heterocycles. The zero-order chi connectivity index (χ0) is 11.6. The van der Waals surface area contributed by atoms with Gasteiger partial charge in [0.1, 0.15) is 0 Å². The molecule has 0 heterocycles. The van der Waals surface area contributed by atoms with Crippen LogP contribution >= 0.6 is 0 Å². The molecule has 0 aliphatic heterocycles. The predicted octanol–water partition coefficient (Wildman–Crippen LogP) is 3.46. The first-order valence-electron chi connectivity index (χ1n) is 6.12. The van der Waals surface area contributed by atoms with E-state index in [-0.39, 0.29) is 5.60 Å². The summed E-state index contributed by atoms with van der Waals surface area (Å²) in [4.78, 5) is 0. The number of anilines is 1. The van der Waals surface area contributed by atoms with Crippen molar-refractivity contribution in [3.8, 4) is 0 Å².